The molecule has 3 aromatic rings. The third-order valence-corrected chi connectivity index (χ3v) is 7.63. The zero-order valence-corrected chi connectivity index (χ0v) is 17.5. The molecule has 1 aliphatic carbocycles. The van der Waals surface area contributed by atoms with Crippen molar-refractivity contribution in [1.29, 1.82) is 0 Å². The summed E-state index contributed by atoms with van der Waals surface area (Å²) in [5, 5.41) is 1.71. The maximum Gasteiger partial charge on any atom is 0.271 e. The maximum absolute atomic E-state index is 13.2. The number of carbonyl (C=O) groups is 1. The third kappa shape index (κ3) is 4.33. The molecule has 2 heterocycles. The molecule has 1 aliphatic rings. The summed E-state index contributed by atoms with van der Waals surface area (Å²) in [4.78, 5) is 19.5. The fourth-order valence-electron chi connectivity index (χ4n) is 3.23. The van der Waals surface area contributed by atoms with Crippen molar-refractivity contribution in [3.63, 3.8) is 0 Å². The number of rotatable bonds is 7. The Morgan fingerprint density at radius 1 is 1.14 bits per heavy atom. The van der Waals surface area contributed by atoms with Crippen molar-refractivity contribution in [3.8, 4) is 0 Å². The van der Waals surface area contributed by atoms with E-state index in [1.165, 1.54) is 0 Å². The summed E-state index contributed by atoms with van der Waals surface area (Å²) in [6.45, 7) is 1.99. The van der Waals surface area contributed by atoms with Crippen LogP contribution in [0.15, 0.2) is 70.4 Å². The number of sulfonamides is 1. The Bertz CT molecular complexity index is 1080. The Kier molecular flexibility index (Phi) is 5.38. The molecule has 6 nitrogen and oxygen atoms in total. The molecule has 4 rings (SSSR count). The zero-order chi connectivity index (χ0) is 20.4. The van der Waals surface area contributed by atoms with E-state index in [0.29, 0.717) is 11.3 Å². The standard InChI is InChI=1S/C21H21N3O3S2/c1-15(19-5-2-3-13-22-19)24(18-11-12-18)21(25)16-7-9-17(10-8-16)23-29(26,27)20-6-4-14-28-20/h2-10,13-15,18,23H,11-12H2,1H3. The van der Waals surface area contributed by atoms with Crippen LogP contribution >= 0.6 is 11.3 Å². The smallest absolute Gasteiger partial charge is 0.271 e. The second kappa shape index (κ2) is 7.96. The van der Waals surface area contributed by atoms with Crippen molar-refractivity contribution in [2.75, 3.05) is 4.72 Å². The lowest BCUT2D eigenvalue weighted by molar-refractivity contribution is 0.0670. The molecule has 2 aromatic heterocycles. The summed E-state index contributed by atoms with van der Waals surface area (Å²) >= 11 is 1.16. The Hall–Kier alpha value is -2.71. The molecular weight excluding hydrogens is 406 g/mol. The highest BCUT2D eigenvalue weighted by molar-refractivity contribution is 7.94. The molecule has 0 spiro atoms. The van der Waals surface area contributed by atoms with Gasteiger partial charge in [-0.15, -0.1) is 11.3 Å². The molecule has 1 amide bonds. The van der Waals surface area contributed by atoms with Gasteiger partial charge in [-0.25, -0.2) is 8.42 Å². The van der Waals surface area contributed by atoms with Crippen molar-refractivity contribution >= 4 is 33.0 Å². The zero-order valence-electron chi connectivity index (χ0n) is 15.9. The molecule has 1 fully saturated rings. The Labute approximate surface area is 174 Å². The largest absolute Gasteiger partial charge is 0.327 e. The van der Waals surface area contributed by atoms with Crippen LogP contribution in [0.4, 0.5) is 5.69 Å². The van der Waals surface area contributed by atoms with E-state index in [9.17, 15) is 13.2 Å². The highest BCUT2D eigenvalue weighted by atomic mass is 32.2. The van der Waals surface area contributed by atoms with E-state index in [1.54, 1.807) is 48.0 Å². The van der Waals surface area contributed by atoms with Gasteiger partial charge in [-0.05, 0) is 67.6 Å². The van der Waals surface area contributed by atoms with E-state index in [0.717, 1.165) is 29.9 Å². The van der Waals surface area contributed by atoms with Crippen LogP contribution in [0, 0.1) is 0 Å². The van der Waals surface area contributed by atoms with E-state index in [2.05, 4.69) is 9.71 Å². The lowest BCUT2D eigenvalue weighted by Crippen LogP contribution is -2.35. The Balaban J connectivity index is 1.52. The van der Waals surface area contributed by atoms with E-state index >= 15 is 0 Å². The van der Waals surface area contributed by atoms with E-state index in [-0.39, 0.29) is 22.2 Å². The van der Waals surface area contributed by atoms with Crippen molar-refractivity contribution in [2.24, 2.45) is 0 Å². The topological polar surface area (TPSA) is 79.4 Å². The van der Waals surface area contributed by atoms with Gasteiger partial charge in [-0.2, -0.15) is 0 Å². The molecule has 150 valence electrons. The fraction of sp³-hybridized carbons (Fsp3) is 0.238. The molecule has 0 bridgehead atoms. The lowest BCUT2D eigenvalue weighted by atomic mass is 10.1. The maximum atomic E-state index is 13.2. The van der Waals surface area contributed by atoms with Crippen LogP contribution in [0.1, 0.15) is 41.9 Å². The monoisotopic (exact) mass is 427 g/mol. The van der Waals surface area contributed by atoms with E-state index < -0.39 is 10.0 Å². The van der Waals surface area contributed by atoms with Gasteiger partial charge in [0.1, 0.15) is 4.21 Å². The molecule has 1 saturated carbocycles. The summed E-state index contributed by atoms with van der Waals surface area (Å²) < 4.78 is 27.5. The molecule has 1 aromatic carbocycles. The van der Waals surface area contributed by atoms with Gasteiger partial charge in [0.25, 0.3) is 15.9 Å². The number of pyridine rings is 1. The summed E-state index contributed by atoms with van der Waals surface area (Å²) in [5.41, 5.74) is 1.80. The predicted octanol–water partition coefficient (Wildman–Crippen LogP) is 4.31. The second-order valence-electron chi connectivity index (χ2n) is 6.99. The Morgan fingerprint density at radius 3 is 2.48 bits per heavy atom. The minimum absolute atomic E-state index is 0.0710. The highest BCUT2D eigenvalue weighted by Gasteiger charge is 2.37. The van der Waals surface area contributed by atoms with Gasteiger partial charge in [0.2, 0.25) is 0 Å². The number of hydrogen-bond donors (Lipinski definition) is 1. The molecule has 0 radical (unpaired) electrons. The summed E-state index contributed by atoms with van der Waals surface area (Å²) in [6.07, 6.45) is 3.71. The van der Waals surface area contributed by atoms with E-state index in [1.807, 2.05) is 30.0 Å². The van der Waals surface area contributed by atoms with Gasteiger partial charge in [0.05, 0.1) is 11.7 Å². The first-order valence-corrected chi connectivity index (χ1v) is 11.7. The highest BCUT2D eigenvalue weighted by Crippen LogP contribution is 2.35. The van der Waals surface area contributed by atoms with Crippen LogP contribution < -0.4 is 4.72 Å². The first-order valence-electron chi connectivity index (χ1n) is 9.36. The van der Waals surface area contributed by atoms with Gasteiger partial charge in [0, 0.05) is 23.5 Å². The van der Waals surface area contributed by atoms with Gasteiger partial charge in [-0.3, -0.25) is 14.5 Å². The number of nitrogens with zero attached hydrogens (tertiary/aromatic N) is 2. The van der Waals surface area contributed by atoms with Crippen molar-refractivity contribution < 1.29 is 13.2 Å². The number of benzene rings is 1. The molecule has 0 saturated heterocycles. The van der Waals surface area contributed by atoms with Gasteiger partial charge < -0.3 is 4.90 Å². The van der Waals surface area contributed by atoms with Crippen molar-refractivity contribution in [3.05, 3.63) is 77.4 Å². The third-order valence-electron chi connectivity index (χ3n) is 4.85. The molecule has 1 unspecified atom stereocenters. The Morgan fingerprint density at radius 2 is 1.90 bits per heavy atom. The van der Waals surface area contributed by atoms with Gasteiger partial charge in [-0.1, -0.05) is 12.1 Å². The minimum atomic E-state index is -3.61. The number of carbonyl (C=O) groups excluding carboxylic acids is 1. The van der Waals surface area contributed by atoms with Gasteiger partial charge >= 0.3 is 0 Å². The molecular formula is C21H21N3O3S2. The summed E-state index contributed by atoms with van der Waals surface area (Å²) in [5.74, 6) is -0.0710. The molecule has 1 N–H and O–H groups in total. The number of anilines is 1. The number of amides is 1. The minimum Gasteiger partial charge on any atom is -0.327 e. The van der Waals surface area contributed by atoms with Crippen LogP contribution in [-0.2, 0) is 10.0 Å². The van der Waals surface area contributed by atoms with Crippen molar-refractivity contribution in [1.82, 2.24) is 9.88 Å². The first-order chi connectivity index (χ1) is 14.0. The number of nitrogens with one attached hydrogen (secondary N) is 1. The average Bonchev–Trinajstić information content (AvgIpc) is 3.39. The lowest BCUT2D eigenvalue weighted by Gasteiger charge is -2.29. The quantitative estimate of drug-likeness (QED) is 0.609. The molecule has 1 atom stereocenters. The van der Waals surface area contributed by atoms with Crippen molar-refractivity contribution in [2.45, 2.75) is 36.1 Å². The number of thiophene rings is 1. The van der Waals surface area contributed by atoms with Crippen LogP contribution in [-0.4, -0.2) is 30.3 Å². The molecule has 0 aliphatic heterocycles. The van der Waals surface area contributed by atoms with E-state index in [4.69, 9.17) is 0 Å². The van der Waals surface area contributed by atoms with Crippen LogP contribution in [0.25, 0.3) is 0 Å². The fourth-order valence-corrected chi connectivity index (χ4v) is 5.28. The molecule has 8 heteroatoms. The molecule has 29 heavy (non-hydrogen) atoms. The second-order valence-corrected chi connectivity index (χ2v) is 9.85. The van der Waals surface area contributed by atoms with Gasteiger partial charge in [0.15, 0.2) is 0 Å². The van der Waals surface area contributed by atoms with Crippen LogP contribution in [0.5, 0.6) is 0 Å². The number of hydrogen-bond acceptors (Lipinski definition) is 5. The summed E-state index contributed by atoms with van der Waals surface area (Å²) in [6, 6.07) is 15.6. The SMILES string of the molecule is CC(c1ccccn1)N(C(=O)c1ccc(NS(=O)(=O)c2cccs2)cc1)C1CC1. The summed E-state index contributed by atoms with van der Waals surface area (Å²) in [7, 11) is -3.61. The predicted molar refractivity (Wildman–Crippen MR) is 113 cm³/mol. The average molecular weight is 428 g/mol. The number of aromatic nitrogens is 1. The normalized spacial score (nSPS) is 14.9. The van der Waals surface area contributed by atoms with Crippen LogP contribution in [0.3, 0.4) is 0 Å². The van der Waals surface area contributed by atoms with Crippen LogP contribution in [0.2, 0.25) is 0 Å². The first kappa shape index (κ1) is 19.6.